The molecule has 142 valence electrons. The first-order valence-corrected chi connectivity index (χ1v) is 9.12. The highest BCUT2D eigenvalue weighted by Crippen LogP contribution is 2.35. The number of hydrogen-bond donors (Lipinski definition) is 2. The van der Waals surface area contributed by atoms with Gasteiger partial charge >= 0.3 is 0 Å². The monoisotopic (exact) mass is 376 g/mol. The molecule has 0 spiro atoms. The molecule has 0 unspecified atom stereocenters. The Morgan fingerprint density at radius 1 is 1.04 bits per heavy atom. The predicted octanol–water partition coefficient (Wildman–Crippen LogP) is 3.76. The summed E-state index contributed by atoms with van der Waals surface area (Å²) in [6, 6.07) is 16.7. The molecule has 1 aliphatic heterocycles. The second kappa shape index (κ2) is 7.96. The zero-order valence-electron chi connectivity index (χ0n) is 15.4. The van der Waals surface area contributed by atoms with E-state index < -0.39 is 0 Å². The second-order valence-electron chi connectivity index (χ2n) is 6.28. The van der Waals surface area contributed by atoms with E-state index in [1.165, 1.54) is 0 Å². The number of carbonyl (C=O) groups is 1. The van der Waals surface area contributed by atoms with Crippen LogP contribution in [0.15, 0.2) is 54.6 Å². The molecule has 0 atom stereocenters. The van der Waals surface area contributed by atoms with Crippen LogP contribution in [0.25, 0.3) is 11.4 Å². The standard InChI is InChI=1S/C21H20N4O3/c1-2-10-22-21(26)16-12-19(25-20(24-16)14-6-4-3-5-7-14)23-15-8-9-17-18(11-15)28-13-27-17/h3-9,11-12H,2,10,13H2,1H3,(H,22,26)(H,23,24,25). The molecule has 2 heterocycles. The first-order chi connectivity index (χ1) is 13.7. The number of nitrogens with one attached hydrogen (secondary N) is 2. The maximum Gasteiger partial charge on any atom is 0.270 e. The zero-order valence-corrected chi connectivity index (χ0v) is 15.4. The molecule has 0 radical (unpaired) electrons. The third-order valence-corrected chi connectivity index (χ3v) is 4.17. The fraction of sp³-hybridized carbons (Fsp3) is 0.190. The number of hydrogen-bond acceptors (Lipinski definition) is 6. The molecule has 4 rings (SSSR count). The van der Waals surface area contributed by atoms with E-state index in [2.05, 4.69) is 20.6 Å². The molecular weight excluding hydrogens is 356 g/mol. The number of carbonyl (C=O) groups excluding carboxylic acids is 1. The molecule has 1 aromatic heterocycles. The highest BCUT2D eigenvalue weighted by atomic mass is 16.7. The van der Waals surface area contributed by atoms with Crippen LogP contribution in [0.3, 0.4) is 0 Å². The molecule has 0 bridgehead atoms. The van der Waals surface area contributed by atoms with Gasteiger partial charge in [-0.1, -0.05) is 37.3 Å². The number of amides is 1. The van der Waals surface area contributed by atoms with Crippen molar-refractivity contribution in [3.05, 3.63) is 60.3 Å². The average molecular weight is 376 g/mol. The van der Waals surface area contributed by atoms with Crippen molar-refractivity contribution in [2.24, 2.45) is 0 Å². The van der Waals surface area contributed by atoms with Crippen LogP contribution < -0.4 is 20.1 Å². The minimum Gasteiger partial charge on any atom is -0.454 e. The molecule has 2 N–H and O–H groups in total. The molecule has 0 saturated heterocycles. The van der Waals surface area contributed by atoms with Gasteiger partial charge in [-0.05, 0) is 18.6 Å². The first-order valence-electron chi connectivity index (χ1n) is 9.12. The van der Waals surface area contributed by atoms with Gasteiger partial charge in [-0.25, -0.2) is 9.97 Å². The first kappa shape index (κ1) is 17.8. The highest BCUT2D eigenvalue weighted by molar-refractivity contribution is 5.93. The molecule has 0 fully saturated rings. The van der Waals surface area contributed by atoms with Crippen LogP contribution in [-0.4, -0.2) is 29.2 Å². The maximum atomic E-state index is 12.5. The molecule has 0 saturated carbocycles. The van der Waals surface area contributed by atoms with Gasteiger partial charge in [-0.2, -0.15) is 0 Å². The Labute approximate surface area is 162 Å². The van der Waals surface area contributed by atoms with Crippen LogP contribution in [-0.2, 0) is 0 Å². The lowest BCUT2D eigenvalue weighted by molar-refractivity contribution is 0.0948. The Kier molecular flexibility index (Phi) is 5.05. The van der Waals surface area contributed by atoms with Crippen molar-refractivity contribution in [2.75, 3.05) is 18.7 Å². The summed E-state index contributed by atoms with van der Waals surface area (Å²) in [5.41, 5.74) is 1.92. The molecule has 7 heteroatoms. The van der Waals surface area contributed by atoms with Crippen molar-refractivity contribution in [1.29, 1.82) is 0 Å². The average Bonchev–Trinajstić information content (AvgIpc) is 3.20. The van der Waals surface area contributed by atoms with Crippen LogP contribution in [0.4, 0.5) is 11.5 Å². The van der Waals surface area contributed by atoms with E-state index in [0.717, 1.165) is 17.7 Å². The summed E-state index contributed by atoms with van der Waals surface area (Å²) in [5.74, 6) is 2.15. The van der Waals surface area contributed by atoms with E-state index in [0.29, 0.717) is 35.4 Å². The Morgan fingerprint density at radius 2 is 1.86 bits per heavy atom. The van der Waals surface area contributed by atoms with Gasteiger partial charge in [0.25, 0.3) is 5.91 Å². The van der Waals surface area contributed by atoms with Gasteiger partial charge in [0.15, 0.2) is 17.3 Å². The fourth-order valence-electron chi connectivity index (χ4n) is 2.80. The van der Waals surface area contributed by atoms with Gasteiger partial charge in [0.05, 0.1) is 0 Å². The SMILES string of the molecule is CCCNC(=O)c1cc(Nc2ccc3c(c2)OCO3)nc(-c2ccccc2)n1. The van der Waals surface area contributed by atoms with Crippen LogP contribution in [0.1, 0.15) is 23.8 Å². The van der Waals surface area contributed by atoms with Crippen molar-refractivity contribution in [1.82, 2.24) is 15.3 Å². The molecule has 3 aromatic rings. The number of fused-ring (bicyclic) bond motifs is 1. The number of benzene rings is 2. The van der Waals surface area contributed by atoms with Crippen LogP contribution in [0.2, 0.25) is 0 Å². The molecule has 1 amide bonds. The summed E-state index contributed by atoms with van der Waals surface area (Å²) in [5, 5.41) is 6.09. The highest BCUT2D eigenvalue weighted by Gasteiger charge is 2.16. The molecule has 1 aliphatic rings. The van der Waals surface area contributed by atoms with Gasteiger partial charge in [0, 0.05) is 29.9 Å². The smallest absolute Gasteiger partial charge is 0.270 e. The minimum atomic E-state index is -0.227. The van der Waals surface area contributed by atoms with Crippen molar-refractivity contribution < 1.29 is 14.3 Å². The normalized spacial score (nSPS) is 11.9. The topological polar surface area (TPSA) is 85.4 Å². The van der Waals surface area contributed by atoms with E-state index in [4.69, 9.17) is 9.47 Å². The van der Waals surface area contributed by atoms with Crippen LogP contribution in [0, 0.1) is 0 Å². The molecule has 2 aromatic carbocycles. The van der Waals surface area contributed by atoms with Crippen molar-refractivity contribution in [2.45, 2.75) is 13.3 Å². The van der Waals surface area contributed by atoms with E-state index in [-0.39, 0.29) is 12.7 Å². The van der Waals surface area contributed by atoms with Crippen LogP contribution >= 0.6 is 0 Å². The molecule has 0 aliphatic carbocycles. The summed E-state index contributed by atoms with van der Waals surface area (Å²) >= 11 is 0. The lowest BCUT2D eigenvalue weighted by Gasteiger charge is -2.11. The number of aromatic nitrogens is 2. The van der Waals surface area contributed by atoms with Gasteiger partial charge in [-0.15, -0.1) is 0 Å². The van der Waals surface area contributed by atoms with Gasteiger partial charge in [0.1, 0.15) is 11.5 Å². The quantitative estimate of drug-likeness (QED) is 0.681. The Morgan fingerprint density at radius 3 is 2.68 bits per heavy atom. The Bertz CT molecular complexity index is 992. The van der Waals surface area contributed by atoms with Gasteiger partial charge < -0.3 is 20.1 Å². The van der Waals surface area contributed by atoms with Crippen LogP contribution in [0.5, 0.6) is 11.5 Å². The third-order valence-electron chi connectivity index (χ3n) is 4.17. The fourth-order valence-corrected chi connectivity index (χ4v) is 2.80. The third kappa shape index (κ3) is 3.88. The molecular formula is C21H20N4O3. The second-order valence-corrected chi connectivity index (χ2v) is 6.28. The van der Waals surface area contributed by atoms with Crippen molar-refractivity contribution in [3.63, 3.8) is 0 Å². The van der Waals surface area contributed by atoms with E-state index in [1.54, 1.807) is 6.07 Å². The molecule has 7 nitrogen and oxygen atoms in total. The van der Waals surface area contributed by atoms with Gasteiger partial charge in [-0.3, -0.25) is 4.79 Å². The minimum absolute atomic E-state index is 0.214. The Balaban J connectivity index is 1.68. The van der Waals surface area contributed by atoms with E-state index in [9.17, 15) is 4.79 Å². The summed E-state index contributed by atoms with van der Waals surface area (Å²) in [4.78, 5) is 21.5. The Hall–Kier alpha value is -3.61. The van der Waals surface area contributed by atoms with E-state index >= 15 is 0 Å². The number of nitrogens with zero attached hydrogens (tertiary/aromatic N) is 2. The number of ether oxygens (including phenoxy) is 2. The summed E-state index contributed by atoms with van der Waals surface area (Å²) in [6.45, 7) is 2.81. The lowest BCUT2D eigenvalue weighted by Crippen LogP contribution is -2.25. The number of anilines is 2. The zero-order chi connectivity index (χ0) is 19.3. The summed E-state index contributed by atoms with van der Waals surface area (Å²) in [6.07, 6.45) is 0.852. The van der Waals surface area contributed by atoms with Crippen molar-refractivity contribution in [3.8, 4) is 22.9 Å². The summed E-state index contributed by atoms with van der Waals surface area (Å²) in [7, 11) is 0. The van der Waals surface area contributed by atoms with Crippen molar-refractivity contribution >= 4 is 17.4 Å². The maximum absolute atomic E-state index is 12.5. The summed E-state index contributed by atoms with van der Waals surface area (Å²) < 4.78 is 10.8. The lowest BCUT2D eigenvalue weighted by atomic mass is 10.2. The van der Waals surface area contributed by atoms with Gasteiger partial charge in [0.2, 0.25) is 6.79 Å². The van der Waals surface area contributed by atoms with E-state index in [1.807, 2.05) is 55.5 Å². The number of rotatable bonds is 6. The molecule has 28 heavy (non-hydrogen) atoms. The predicted molar refractivity (Wildman–Crippen MR) is 106 cm³/mol. The largest absolute Gasteiger partial charge is 0.454 e.